The van der Waals surface area contributed by atoms with Gasteiger partial charge in [-0.25, -0.2) is 0 Å². The Morgan fingerprint density at radius 3 is 2.77 bits per heavy atom. The molecule has 0 N–H and O–H groups in total. The monoisotopic (exact) mass is 180 g/mol. The zero-order chi connectivity index (χ0) is 9.90. The summed E-state index contributed by atoms with van der Waals surface area (Å²) in [5, 5.41) is 8.82. The lowest BCUT2D eigenvalue weighted by Crippen LogP contribution is -2.41. The number of amides is 1. The van der Waals surface area contributed by atoms with Crippen LogP contribution in [0.15, 0.2) is 0 Å². The van der Waals surface area contributed by atoms with Gasteiger partial charge in [0.25, 0.3) is 0 Å². The first-order valence-electron chi connectivity index (χ1n) is 4.74. The fourth-order valence-electron chi connectivity index (χ4n) is 1.54. The van der Waals surface area contributed by atoms with E-state index in [2.05, 4.69) is 6.07 Å². The number of carbonyl (C=O) groups is 1. The topological polar surface area (TPSA) is 44.1 Å². The van der Waals surface area contributed by atoms with Crippen molar-refractivity contribution in [1.82, 2.24) is 4.90 Å². The van der Waals surface area contributed by atoms with Crippen molar-refractivity contribution in [3.8, 4) is 6.07 Å². The summed E-state index contributed by atoms with van der Waals surface area (Å²) in [6.07, 6.45) is 2.73. The van der Waals surface area contributed by atoms with Gasteiger partial charge in [-0.1, -0.05) is 0 Å². The Balaban J connectivity index is 2.53. The van der Waals surface area contributed by atoms with Crippen molar-refractivity contribution >= 4 is 5.91 Å². The molecule has 0 saturated carbocycles. The molecule has 1 rings (SSSR count). The van der Waals surface area contributed by atoms with Gasteiger partial charge in [-0.2, -0.15) is 5.26 Å². The zero-order valence-corrected chi connectivity index (χ0v) is 8.34. The maximum atomic E-state index is 11.4. The van der Waals surface area contributed by atoms with Gasteiger partial charge in [0.05, 0.1) is 11.5 Å². The first kappa shape index (κ1) is 10.0. The molecule has 1 fully saturated rings. The van der Waals surface area contributed by atoms with Gasteiger partial charge in [0.2, 0.25) is 5.91 Å². The van der Waals surface area contributed by atoms with Gasteiger partial charge in [-0.05, 0) is 26.7 Å². The third kappa shape index (κ3) is 2.73. The van der Waals surface area contributed by atoms with Crippen molar-refractivity contribution in [2.75, 3.05) is 13.1 Å². The van der Waals surface area contributed by atoms with Crippen molar-refractivity contribution < 1.29 is 4.79 Å². The van der Waals surface area contributed by atoms with E-state index in [0.717, 1.165) is 19.4 Å². The van der Waals surface area contributed by atoms with E-state index in [-0.39, 0.29) is 5.91 Å². The molecule has 1 aliphatic rings. The highest BCUT2D eigenvalue weighted by molar-refractivity contribution is 5.76. The quantitative estimate of drug-likeness (QED) is 0.647. The van der Waals surface area contributed by atoms with Gasteiger partial charge in [-0.3, -0.25) is 4.79 Å². The van der Waals surface area contributed by atoms with Crippen LogP contribution < -0.4 is 0 Å². The highest BCUT2D eigenvalue weighted by Crippen LogP contribution is 2.19. The van der Waals surface area contributed by atoms with Crippen LogP contribution in [-0.4, -0.2) is 23.9 Å². The average Bonchev–Trinajstić information content (AvgIpc) is 2.09. The fourth-order valence-corrected chi connectivity index (χ4v) is 1.54. The summed E-state index contributed by atoms with van der Waals surface area (Å²) in [7, 11) is 0. The summed E-state index contributed by atoms with van der Waals surface area (Å²) < 4.78 is 0. The van der Waals surface area contributed by atoms with Crippen LogP contribution in [0.2, 0.25) is 0 Å². The van der Waals surface area contributed by atoms with E-state index in [1.165, 1.54) is 0 Å². The molecule has 0 bridgehead atoms. The number of hydrogen-bond acceptors (Lipinski definition) is 2. The van der Waals surface area contributed by atoms with Crippen LogP contribution in [0.5, 0.6) is 0 Å². The molecule has 3 nitrogen and oxygen atoms in total. The van der Waals surface area contributed by atoms with E-state index >= 15 is 0 Å². The third-order valence-electron chi connectivity index (χ3n) is 2.31. The molecule has 1 heterocycles. The SMILES string of the molecule is CC(C)(C#N)CN1CCCCC1=O. The standard InChI is InChI=1S/C10H16N2O/c1-10(2,7-11)8-12-6-4-3-5-9(12)13/h3-6,8H2,1-2H3. The number of nitriles is 1. The minimum absolute atomic E-state index is 0.203. The molecule has 0 unspecified atom stereocenters. The minimum Gasteiger partial charge on any atom is -0.341 e. The van der Waals surface area contributed by atoms with Gasteiger partial charge in [0, 0.05) is 19.5 Å². The number of nitrogens with zero attached hydrogens (tertiary/aromatic N) is 2. The average molecular weight is 180 g/mol. The van der Waals surface area contributed by atoms with Crippen LogP contribution in [-0.2, 0) is 4.79 Å². The lowest BCUT2D eigenvalue weighted by molar-refractivity contribution is -0.134. The summed E-state index contributed by atoms with van der Waals surface area (Å²) in [6, 6.07) is 2.22. The Bertz CT molecular complexity index is 240. The van der Waals surface area contributed by atoms with Crippen molar-refractivity contribution in [2.24, 2.45) is 5.41 Å². The van der Waals surface area contributed by atoms with Gasteiger partial charge in [0.1, 0.15) is 0 Å². The highest BCUT2D eigenvalue weighted by atomic mass is 16.2. The molecular weight excluding hydrogens is 164 g/mol. The van der Waals surface area contributed by atoms with Crippen molar-refractivity contribution in [1.29, 1.82) is 5.26 Å². The molecule has 0 spiro atoms. The number of piperidine rings is 1. The van der Waals surface area contributed by atoms with Crippen LogP contribution in [0.25, 0.3) is 0 Å². The van der Waals surface area contributed by atoms with Gasteiger partial charge < -0.3 is 4.90 Å². The second-order valence-corrected chi connectivity index (χ2v) is 4.27. The minimum atomic E-state index is -0.410. The second kappa shape index (κ2) is 3.78. The number of carbonyl (C=O) groups excluding carboxylic acids is 1. The molecule has 0 aromatic rings. The largest absolute Gasteiger partial charge is 0.341 e. The van der Waals surface area contributed by atoms with E-state index in [1.807, 2.05) is 18.7 Å². The Morgan fingerprint density at radius 2 is 2.23 bits per heavy atom. The van der Waals surface area contributed by atoms with E-state index in [0.29, 0.717) is 13.0 Å². The van der Waals surface area contributed by atoms with Crippen LogP contribution in [0, 0.1) is 16.7 Å². The highest BCUT2D eigenvalue weighted by Gasteiger charge is 2.25. The van der Waals surface area contributed by atoms with Crippen LogP contribution in [0.4, 0.5) is 0 Å². The molecule has 0 aromatic heterocycles. The number of rotatable bonds is 2. The normalized spacial score (nSPS) is 18.5. The molecule has 1 amide bonds. The van der Waals surface area contributed by atoms with E-state index in [1.54, 1.807) is 0 Å². The van der Waals surface area contributed by atoms with Gasteiger partial charge >= 0.3 is 0 Å². The molecule has 72 valence electrons. The Morgan fingerprint density at radius 1 is 1.54 bits per heavy atom. The molecular formula is C10H16N2O. The maximum absolute atomic E-state index is 11.4. The van der Waals surface area contributed by atoms with Gasteiger partial charge in [0.15, 0.2) is 0 Å². The molecule has 0 atom stereocenters. The lowest BCUT2D eigenvalue weighted by Gasteiger charge is -2.31. The van der Waals surface area contributed by atoms with Crippen molar-refractivity contribution in [2.45, 2.75) is 33.1 Å². The second-order valence-electron chi connectivity index (χ2n) is 4.27. The first-order valence-corrected chi connectivity index (χ1v) is 4.74. The molecule has 13 heavy (non-hydrogen) atoms. The summed E-state index contributed by atoms with van der Waals surface area (Å²) >= 11 is 0. The van der Waals surface area contributed by atoms with E-state index < -0.39 is 5.41 Å². The van der Waals surface area contributed by atoms with Crippen LogP contribution >= 0.6 is 0 Å². The zero-order valence-electron chi connectivity index (χ0n) is 8.34. The van der Waals surface area contributed by atoms with E-state index in [4.69, 9.17) is 5.26 Å². The summed E-state index contributed by atoms with van der Waals surface area (Å²) in [6.45, 7) is 5.13. The van der Waals surface area contributed by atoms with E-state index in [9.17, 15) is 4.79 Å². The van der Waals surface area contributed by atoms with Gasteiger partial charge in [-0.15, -0.1) is 0 Å². The predicted molar refractivity (Wildman–Crippen MR) is 49.8 cm³/mol. The third-order valence-corrected chi connectivity index (χ3v) is 2.31. The molecule has 0 aliphatic carbocycles. The Labute approximate surface area is 79.3 Å². The van der Waals surface area contributed by atoms with Crippen molar-refractivity contribution in [3.63, 3.8) is 0 Å². The Kier molecular flexibility index (Phi) is 2.92. The Hall–Kier alpha value is -1.04. The molecule has 0 radical (unpaired) electrons. The maximum Gasteiger partial charge on any atom is 0.222 e. The fraction of sp³-hybridized carbons (Fsp3) is 0.800. The lowest BCUT2D eigenvalue weighted by atomic mass is 9.94. The summed E-state index contributed by atoms with van der Waals surface area (Å²) in [5.74, 6) is 0.203. The van der Waals surface area contributed by atoms with Crippen LogP contribution in [0.1, 0.15) is 33.1 Å². The molecule has 1 saturated heterocycles. The first-order chi connectivity index (χ1) is 6.05. The molecule has 3 heteroatoms. The molecule has 0 aromatic carbocycles. The molecule has 1 aliphatic heterocycles. The summed E-state index contributed by atoms with van der Waals surface area (Å²) in [5.41, 5.74) is -0.410. The number of hydrogen-bond donors (Lipinski definition) is 0. The smallest absolute Gasteiger partial charge is 0.222 e. The number of likely N-dealkylation sites (tertiary alicyclic amines) is 1. The predicted octanol–water partition coefficient (Wildman–Crippen LogP) is 1.55. The summed E-state index contributed by atoms with van der Waals surface area (Å²) in [4.78, 5) is 13.2. The van der Waals surface area contributed by atoms with Crippen molar-refractivity contribution in [3.05, 3.63) is 0 Å². The van der Waals surface area contributed by atoms with Crippen LogP contribution in [0.3, 0.4) is 0 Å².